The fourth-order valence-corrected chi connectivity index (χ4v) is 0.944. The second-order valence-corrected chi connectivity index (χ2v) is 2.31. The van der Waals surface area contributed by atoms with Crippen LogP contribution in [0.25, 0.3) is 0 Å². The van der Waals surface area contributed by atoms with Crippen LogP contribution in [0.15, 0.2) is 23.5 Å². The largest absolute Gasteiger partial charge is 0.352 e. The van der Waals surface area contributed by atoms with E-state index in [1.54, 1.807) is 6.07 Å². The minimum absolute atomic E-state index is 0.674. The number of hydrogen-bond acceptors (Lipinski definition) is 2. The van der Waals surface area contributed by atoms with Crippen LogP contribution < -0.4 is 0 Å². The van der Waals surface area contributed by atoms with Gasteiger partial charge in [0.1, 0.15) is 0 Å². The molecule has 11 heavy (non-hydrogen) atoms. The van der Waals surface area contributed by atoms with E-state index in [0.29, 0.717) is 5.69 Å². The summed E-state index contributed by atoms with van der Waals surface area (Å²) in [6.07, 6.45) is 6.31. The summed E-state index contributed by atoms with van der Waals surface area (Å²) in [4.78, 5) is 13.3. The first-order valence-electron chi connectivity index (χ1n) is 3.60. The Morgan fingerprint density at radius 2 is 2.55 bits per heavy atom. The van der Waals surface area contributed by atoms with Gasteiger partial charge in [0.15, 0.2) is 0 Å². The van der Waals surface area contributed by atoms with Gasteiger partial charge in [0.25, 0.3) is 0 Å². The van der Waals surface area contributed by atoms with Crippen LogP contribution in [-0.4, -0.2) is 10.6 Å². The lowest BCUT2D eigenvalue weighted by atomic mass is 10.5. The Labute approximate surface area is 65.4 Å². The first kappa shape index (κ1) is 7.76. The molecule has 0 spiro atoms. The smallest absolute Gasteiger partial charge is 0.240 e. The summed E-state index contributed by atoms with van der Waals surface area (Å²) in [5.41, 5.74) is 0.674. The Kier molecular flexibility index (Phi) is 2.64. The van der Waals surface area contributed by atoms with Crippen molar-refractivity contribution in [3.63, 3.8) is 0 Å². The maximum Gasteiger partial charge on any atom is 0.240 e. The molecule has 0 fully saturated rings. The topological polar surface area (TPSA) is 34.4 Å². The molecule has 0 saturated heterocycles. The first-order chi connectivity index (χ1) is 5.36. The monoisotopic (exact) mass is 150 g/mol. The normalized spacial score (nSPS) is 9.18. The van der Waals surface area contributed by atoms with Crippen molar-refractivity contribution in [3.05, 3.63) is 18.5 Å². The molecule has 1 rings (SSSR count). The quantitative estimate of drug-likeness (QED) is 0.478. The molecule has 0 aliphatic heterocycles. The highest BCUT2D eigenvalue weighted by molar-refractivity contribution is 5.47. The molecule has 1 aromatic rings. The summed E-state index contributed by atoms with van der Waals surface area (Å²) in [5, 5.41) is 0. The maximum atomic E-state index is 9.84. The van der Waals surface area contributed by atoms with Gasteiger partial charge >= 0.3 is 0 Å². The fourth-order valence-electron chi connectivity index (χ4n) is 0.944. The van der Waals surface area contributed by atoms with Gasteiger partial charge in [0.2, 0.25) is 6.08 Å². The molecular formula is C8H10N2O. The average Bonchev–Trinajstić information content (AvgIpc) is 2.38. The Hall–Kier alpha value is -1.34. The van der Waals surface area contributed by atoms with E-state index in [0.717, 1.165) is 13.0 Å². The van der Waals surface area contributed by atoms with Crippen LogP contribution >= 0.6 is 0 Å². The van der Waals surface area contributed by atoms with Crippen LogP contribution in [-0.2, 0) is 11.3 Å². The molecule has 1 heterocycles. The molecule has 3 heteroatoms. The molecule has 0 aliphatic rings. The fraction of sp³-hybridized carbons (Fsp3) is 0.375. The van der Waals surface area contributed by atoms with Gasteiger partial charge in [-0.1, -0.05) is 6.92 Å². The molecule has 1 aromatic heterocycles. The van der Waals surface area contributed by atoms with Gasteiger partial charge in [-0.2, -0.15) is 4.99 Å². The molecule has 0 aromatic carbocycles. The van der Waals surface area contributed by atoms with E-state index < -0.39 is 0 Å². The SMILES string of the molecule is CCCn1ccc(N=C=O)c1. The van der Waals surface area contributed by atoms with Crippen molar-refractivity contribution in [2.45, 2.75) is 19.9 Å². The lowest BCUT2D eigenvalue weighted by Crippen LogP contribution is -1.89. The van der Waals surface area contributed by atoms with Crippen molar-refractivity contribution in [1.82, 2.24) is 4.57 Å². The van der Waals surface area contributed by atoms with Gasteiger partial charge in [-0.15, -0.1) is 0 Å². The van der Waals surface area contributed by atoms with Gasteiger partial charge < -0.3 is 4.57 Å². The number of aliphatic imine (C=N–C) groups is 1. The summed E-state index contributed by atoms with van der Waals surface area (Å²) in [7, 11) is 0. The van der Waals surface area contributed by atoms with Gasteiger partial charge in [-0.3, -0.25) is 0 Å². The number of nitrogens with zero attached hydrogens (tertiary/aromatic N) is 2. The standard InChI is InChI=1S/C8H10N2O/c1-2-4-10-5-3-8(6-10)9-7-11/h3,5-6H,2,4H2,1H3. The zero-order chi connectivity index (χ0) is 8.10. The summed E-state index contributed by atoms with van der Waals surface area (Å²) in [6.45, 7) is 3.07. The van der Waals surface area contributed by atoms with Gasteiger partial charge in [-0.05, 0) is 12.5 Å². The second kappa shape index (κ2) is 3.74. The maximum absolute atomic E-state index is 9.84. The van der Waals surface area contributed by atoms with Crippen LogP contribution in [0.4, 0.5) is 5.69 Å². The number of isocyanates is 1. The summed E-state index contributed by atoms with van der Waals surface area (Å²) < 4.78 is 2.00. The highest BCUT2D eigenvalue weighted by Crippen LogP contribution is 2.10. The predicted octanol–water partition coefficient (Wildman–Crippen LogP) is 1.87. The van der Waals surface area contributed by atoms with Crippen LogP contribution in [0.1, 0.15) is 13.3 Å². The molecule has 0 amide bonds. The molecule has 58 valence electrons. The van der Waals surface area contributed by atoms with Crippen LogP contribution in [0.5, 0.6) is 0 Å². The number of aromatic nitrogens is 1. The highest BCUT2D eigenvalue weighted by atomic mass is 16.1. The van der Waals surface area contributed by atoms with Crippen LogP contribution in [0.2, 0.25) is 0 Å². The lowest BCUT2D eigenvalue weighted by Gasteiger charge is -1.95. The third kappa shape index (κ3) is 2.06. The van der Waals surface area contributed by atoms with Crippen molar-refractivity contribution in [3.8, 4) is 0 Å². The molecular weight excluding hydrogens is 140 g/mol. The van der Waals surface area contributed by atoms with E-state index in [1.807, 2.05) is 17.0 Å². The zero-order valence-corrected chi connectivity index (χ0v) is 6.45. The minimum Gasteiger partial charge on any atom is -0.352 e. The van der Waals surface area contributed by atoms with E-state index in [9.17, 15) is 4.79 Å². The number of carbonyl (C=O) groups excluding carboxylic acids is 1. The van der Waals surface area contributed by atoms with Crippen molar-refractivity contribution in [2.24, 2.45) is 4.99 Å². The van der Waals surface area contributed by atoms with E-state index in [-0.39, 0.29) is 0 Å². The van der Waals surface area contributed by atoms with E-state index >= 15 is 0 Å². The number of aryl methyl sites for hydroxylation is 1. The second-order valence-electron chi connectivity index (χ2n) is 2.31. The van der Waals surface area contributed by atoms with Gasteiger partial charge in [0.05, 0.1) is 5.69 Å². The van der Waals surface area contributed by atoms with Crippen molar-refractivity contribution in [2.75, 3.05) is 0 Å². The molecule has 3 nitrogen and oxygen atoms in total. The Balaban J connectivity index is 2.73. The van der Waals surface area contributed by atoms with E-state index in [2.05, 4.69) is 11.9 Å². The number of hydrogen-bond donors (Lipinski definition) is 0. The molecule has 0 atom stereocenters. The molecule has 0 radical (unpaired) electrons. The average molecular weight is 150 g/mol. The summed E-state index contributed by atoms with van der Waals surface area (Å²) in [6, 6.07) is 1.79. The number of rotatable bonds is 3. The minimum atomic E-state index is 0.674. The molecule has 0 unspecified atom stereocenters. The zero-order valence-electron chi connectivity index (χ0n) is 6.45. The van der Waals surface area contributed by atoms with Crippen molar-refractivity contribution in [1.29, 1.82) is 0 Å². The third-order valence-corrected chi connectivity index (χ3v) is 1.39. The molecule has 0 N–H and O–H groups in total. The Morgan fingerprint density at radius 1 is 1.73 bits per heavy atom. The Bertz CT molecular complexity index is 271. The molecule has 0 saturated carbocycles. The summed E-state index contributed by atoms with van der Waals surface area (Å²) in [5.74, 6) is 0. The lowest BCUT2D eigenvalue weighted by molar-refractivity contribution is 0.565. The van der Waals surface area contributed by atoms with Gasteiger partial charge in [0, 0.05) is 18.9 Å². The first-order valence-corrected chi connectivity index (χ1v) is 3.60. The third-order valence-electron chi connectivity index (χ3n) is 1.39. The highest BCUT2D eigenvalue weighted by Gasteiger charge is 1.91. The van der Waals surface area contributed by atoms with Gasteiger partial charge in [-0.25, -0.2) is 4.79 Å². The predicted molar refractivity (Wildman–Crippen MR) is 42.5 cm³/mol. The van der Waals surface area contributed by atoms with E-state index in [1.165, 1.54) is 6.08 Å². The van der Waals surface area contributed by atoms with Crippen molar-refractivity contribution >= 4 is 11.8 Å². The van der Waals surface area contributed by atoms with E-state index in [4.69, 9.17) is 0 Å². The molecule has 0 bridgehead atoms. The van der Waals surface area contributed by atoms with Crippen molar-refractivity contribution < 1.29 is 4.79 Å². The molecule has 0 aliphatic carbocycles. The summed E-state index contributed by atoms with van der Waals surface area (Å²) >= 11 is 0. The van der Waals surface area contributed by atoms with Crippen LogP contribution in [0, 0.1) is 0 Å². The van der Waals surface area contributed by atoms with Crippen LogP contribution in [0.3, 0.4) is 0 Å². The Morgan fingerprint density at radius 3 is 3.18 bits per heavy atom.